The maximum Gasteiger partial charge on any atom is 0.214 e. The second kappa shape index (κ2) is 4.67. The molecule has 0 amide bonds. The van der Waals surface area contributed by atoms with Crippen molar-refractivity contribution in [2.75, 3.05) is 0 Å². The monoisotopic (exact) mass is 260 g/mol. The largest absolute Gasteiger partial charge is 0.214 e. The van der Waals surface area contributed by atoms with E-state index < -0.39 is 7.38 Å². The molecule has 2 heteroatoms. The third kappa shape index (κ3) is 2.62. The SMILES string of the molecule is Cc1cc(C)cc([Si](C)(Cl)c2ccccc2)c1. The highest BCUT2D eigenvalue weighted by Gasteiger charge is 2.29. The van der Waals surface area contributed by atoms with Crippen LogP contribution in [0.1, 0.15) is 11.1 Å². The molecule has 1 atom stereocenters. The Balaban J connectivity index is 2.51. The molecular weight excluding hydrogens is 244 g/mol. The smallest absolute Gasteiger partial charge is 0.155 e. The van der Waals surface area contributed by atoms with E-state index in [-0.39, 0.29) is 0 Å². The van der Waals surface area contributed by atoms with Gasteiger partial charge in [-0.3, -0.25) is 0 Å². The van der Waals surface area contributed by atoms with Crippen LogP contribution in [-0.4, -0.2) is 7.38 Å². The maximum atomic E-state index is 6.87. The normalized spacial score (nSPS) is 14.4. The summed E-state index contributed by atoms with van der Waals surface area (Å²) in [6.07, 6.45) is 0. The Bertz CT molecular complexity index is 497. The lowest BCUT2D eigenvalue weighted by Gasteiger charge is -2.21. The minimum atomic E-state index is -2.05. The lowest BCUT2D eigenvalue weighted by Crippen LogP contribution is -2.50. The third-order valence-corrected chi connectivity index (χ3v) is 7.18. The van der Waals surface area contributed by atoms with Crippen LogP contribution in [0.15, 0.2) is 48.5 Å². The summed E-state index contributed by atoms with van der Waals surface area (Å²) in [5.74, 6) is 0. The first-order chi connectivity index (χ1) is 8.00. The molecule has 0 aliphatic carbocycles. The second-order valence-corrected chi connectivity index (χ2v) is 10.2. The van der Waals surface area contributed by atoms with Crippen molar-refractivity contribution in [1.29, 1.82) is 0 Å². The first-order valence-corrected chi connectivity index (χ1v) is 9.34. The molecule has 17 heavy (non-hydrogen) atoms. The fourth-order valence-corrected chi connectivity index (χ4v) is 5.02. The van der Waals surface area contributed by atoms with Crippen molar-refractivity contribution in [2.24, 2.45) is 0 Å². The first kappa shape index (κ1) is 12.4. The Morgan fingerprint density at radius 2 is 1.35 bits per heavy atom. The zero-order chi connectivity index (χ0) is 12.5. The molecule has 0 saturated heterocycles. The zero-order valence-electron chi connectivity index (χ0n) is 10.5. The molecule has 0 nitrogen and oxygen atoms in total. The van der Waals surface area contributed by atoms with Gasteiger partial charge in [0.15, 0.2) is 0 Å². The number of hydrogen-bond acceptors (Lipinski definition) is 0. The molecule has 2 aromatic rings. The van der Waals surface area contributed by atoms with E-state index in [1.54, 1.807) is 0 Å². The van der Waals surface area contributed by atoms with Gasteiger partial charge in [0, 0.05) is 0 Å². The minimum absolute atomic E-state index is 1.27. The zero-order valence-corrected chi connectivity index (χ0v) is 12.3. The average molecular weight is 261 g/mol. The van der Waals surface area contributed by atoms with Gasteiger partial charge in [0.05, 0.1) is 0 Å². The van der Waals surface area contributed by atoms with Gasteiger partial charge < -0.3 is 0 Å². The lowest BCUT2D eigenvalue weighted by molar-refractivity contribution is 1.40. The third-order valence-electron chi connectivity index (χ3n) is 3.08. The van der Waals surface area contributed by atoms with Crippen molar-refractivity contribution in [2.45, 2.75) is 20.4 Å². The van der Waals surface area contributed by atoms with Gasteiger partial charge in [-0.05, 0) is 30.8 Å². The predicted molar refractivity (Wildman–Crippen MR) is 79.1 cm³/mol. The number of hydrogen-bond donors (Lipinski definition) is 0. The summed E-state index contributed by atoms with van der Waals surface area (Å²) in [6, 6.07) is 17.1. The summed E-state index contributed by atoms with van der Waals surface area (Å²) in [4.78, 5) is 0. The van der Waals surface area contributed by atoms with E-state index >= 15 is 0 Å². The van der Waals surface area contributed by atoms with Crippen molar-refractivity contribution >= 4 is 28.8 Å². The molecule has 0 heterocycles. The summed E-state index contributed by atoms with van der Waals surface area (Å²) in [7, 11) is -2.05. The van der Waals surface area contributed by atoms with Crippen LogP contribution in [0.5, 0.6) is 0 Å². The quantitative estimate of drug-likeness (QED) is 0.575. The first-order valence-electron chi connectivity index (χ1n) is 5.83. The van der Waals surface area contributed by atoms with Crippen LogP contribution in [-0.2, 0) is 0 Å². The summed E-state index contributed by atoms with van der Waals surface area (Å²) in [5.41, 5.74) is 2.57. The fourth-order valence-electron chi connectivity index (χ4n) is 2.16. The van der Waals surface area contributed by atoms with Crippen LogP contribution in [0.2, 0.25) is 6.55 Å². The Labute approximate surface area is 109 Å². The van der Waals surface area contributed by atoms with Crippen molar-refractivity contribution in [3.05, 3.63) is 59.7 Å². The molecule has 2 aromatic carbocycles. The predicted octanol–water partition coefficient (Wildman–Crippen LogP) is 3.23. The van der Waals surface area contributed by atoms with Gasteiger partial charge in [0.2, 0.25) is 7.38 Å². The number of halogens is 1. The molecule has 0 aromatic heterocycles. The highest BCUT2D eigenvalue weighted by atomic mass is 35.6. The van der Waals surface area contributed by atoms with Crippen molar-refractivity contribution < 1.29 is 0 Å². The Morgan fingerprint density at radius 3 is 1.88 bits per heavy atom. The molecule has 0 bridgehead atoms. The van der Waals surface area contributed by atoms with Gasteiger partial charge in [-0.2, -0.15) is 11.1 Å². The van der Waals surface area contributed by atoms with Gasteiger partial charge in [0.25, 0.3) is 0 Å². The van der Waals surface area contributed by atoms with Crippen LogP contribution >= 0.6 is 11.1 Å². The lowest BCUT2D eigenvalue weighted by atomic mass is 10.2. The van der Waals surface area contributed by atoms with Crippen molar-refractivity contribution in [3.63, 3.8) is 0 Å². The van der Waals surface area contributed by atoms with E-state index in [0.717, 1.165) is 0 Å². The topological polar surface area (TPSA) is 0 Å². The molecule has 88 valence electrons. The van der Waals surface area contributed by atoms with Crippen LogP contribution in [0.25, 0.3) is 0 Å². The minimum Gasteiger partial charge on any atom is -0.155 e. The molecular formula is C15H17ClSi. The number of benzene rings is 2. The second-order valence-electron chi connectivity index (χ2n) is 4.75. The Morgan fingerprint density at radius 1 is 0.824 bits per heavy atom. The van der Waals surface area contributed by atoms with Gasteiger partial charge in [-0.1, -0.05) is 59.7 Å². The van der Waals surface area contributed by atoms with E-state index in [2.05, 4.69) is 62.9 Å². The van der Waals surface area contributed by atoms with Gasteiger partial charge >= 0.3 is 0 Å². The molecule has 0 aliphatic rings. The Kier molecular flexibility index (Phi) is 3.41. The standard InChI is InChI=1S/C15H17ClSi/c1-12-9-13(2)11-15(10-12)17(3,16)14-7-5-4-6-8-14/h4-11H,1-3H3. The average Bonchev–Trinajstić information content (AvgIpc) is 2.29. The van der Waals surface area contributed by atoms with E-state index in [9.17, 15) is 0 Å². The number of rotatable bonds is 2. The number of aryl methyl sites for hydroxylation is 2. The van der Waals surface area contributed by atoms with E-state index in [1.807, 2.05) is 6.07 Å². The summed E-state index contributed by atoms with van der Waals surface area (Å²) >= 11 is 6.87. The molecule has 1 unspecified atom stereocenters. The fraction of sp³-hybridized carbons (Fsp3) is 0.200. The molecule has 0 radical (unpaired) electrons. The molecule has 0 N–H and O–H groups in total. The van der Waals surface area contributed by atoms with Crippen LogP contribution < -0.4 is 10.4 Å². The van der Waals surface area contributed by atoms with Gasteiger partial charge in [-0.25, -0.2) is 0 Å². The van der Waals surface area contributed by atoms with Gasteiger partial charge in [-0.15, -0.1) is 0 Å². The maximum absolute atomic E-state index is 6.87. The highest BCUT2D eigenvalue weighted by Crippen LogP contribution is 2.12. The van der Waals surface area contributed by atoms with Crippen LogP contribution in [0.4, 0.5) is 0 Å². The molecule has 0 spiro atoms. The van der Waals surface area contributed by atoms with E-state index in [0.29, 0.717) is 0 Å². The molecule has 0 saturated carbocycles. The highest BCUT2D eigenvalue weighted by molar-refractivity contribution is 7.33. The van der Waals surface area contributed by atoms with Crippen LogP contribution in [0.3, 0.4) is 0 Å². The summed E-state index contributed by atoms with van der Waals surface area (Å²) in [6.45, 7) is 6.45. The molecule has 0 fully saturated rings. The molecule has 0 aliphatic heterocycles. The Hall–Kier alpha value is -1.05. The summed E-state index contributed by atoms with van der Waals surface area (Å²) in [5, 5.41) is 2.56. The van der Waals surface area contributed by atoms with E-state index in [1.165, 1.54) is 21.5 Å². The van der Waals surface area contributed by atoms with Crippen LogP contribution in [0, 0.1) is 13.8 Å². The molecule has 2 rings (SSSR count). The van der Waals surface area contributed by atoms with Gasteiger partial charge in [0.1, 0.15) is 0 Å². The van der Waals surface area contributed by atoms with Crippen molar-refractivity contribution in [3.8, 4) is 0 Å². The van der Waals surface area contributed by atoms with Crippen molar-refractivity contribution in [1.82, 2.24) is 0 Å². The summed E-state index contributed by atoms with van der Waals surface area (Å²) < 4.78 is 0. The van der Waals surface area contributed by atoms with E-state index in [4.69, 9.17) is 11.1 Å².